The monoisotopic (exact) mass is 372 g/mol. The zero-order valence-electron chi connectivity index (χ0n) is 14.8. The quantitative estimate of drug-likeness (QED) is 0.758. The van der Waals surface area contributed by atoms with E-state index in [1.54, 1.807) is 13.6 Å². The molecular weight excluding hydrogens is 347 g/mol. The minimum absolute atomic E-state index is 0.210. The molecule has 10 heteroatoms. The van der Waals surface area contributed by atoms with Crippen LogP contribution in [-0.4, -0.2) is 71.7 Å². The fourth-order valence-electron chi connectivity index (χ4n) is 3.27. The van der Waals surface area contributed by atoms with E-state index in [9.17, 15) is 14.2 Å². The third-order valence-electron chi connectivity index (χ3n) is 4.61. The predicted molar refractivity (Wildman–Crippen MR) is 93.1 cm³/mol. The molecule has 0 bridgehead atoms. The minimum atomic E-state index is -2.78. The molecule has 0 aromatic carbocycles. The molecule has 0 saturated carbocycles. The molecule has 9 nitrogen and oxygen atoms in total. The second-order valence-electron chi connectivity index (χ2n) is 6.82. The third-order valence-corrected chi connectivity index (χ3v) is 6.66. The second-order valence-corrected chi connectivity index (χ2v) is 9.24. The number of hydrogen-bond donors (Lipinski definition) is 1. The maximum atomic E-state index is 12.5. The first-order chi connectivity index (χ1) is 11.8. The third kappa shape index (κ3) is 4.12. The van der Waals surface area contributed by atoms with Gasteiger partial charge in [-0.1, -0.05) is 0 Å². The molecule has 140 valence electrons. The Morgan fingerprint density at radius 3 is 2.84 bits per heavy atom. The van der Waals surface area contributed by atoms with E-state index in [4.69, 9.17) is 9.26 Å². The van der Waals surface area contributed by atoms with Gasteiger partial charge in [0.15, 0.2) is 6.23 Å². The Hall–Kier alpha value is -1.25. The smallest absolute Gasteiger partial charge is 0.330 e. The Kier molecular flexibility index (Phi) is 5.31. The number of aromatic nitrogens is 2. The maximum absolute atomic E-state index is 12.5. The number of nitrogens with zero attached hydrogens (tertiary/aromatic N) is 3. The van der Waals surface area contributed by atoms with Crippen LogP contribution >= 0.6 is 7.52 Å². The summed E-state index contributed by atoms with van der Waals surface area (Å²) in [6.07, 6.45) is 1.64. The Labute approximate surface area is 146 Å². The largest absolute Gasteiger partial charge is 0.351 e. The minimum Gasteiger partial charge on any atom is -0.351 e. The summed E-state index contributed by atoms with van der Waals surface area (Å²) in [5.74, 6) is 0. The van der Waals surface area contributed by atoms with Crippen molar-refractivity contribution in [3.05, 3.63) is 32.6 Å². The summed E-state index contributed by atoms with van der Waals surface area (Å²) < 4.78 is 27.3. The summed E-state index contributed by atoms with van der Waals surface area (Å²) in [5.41, 5.74) is -0.424. The highest BCUT2D eigenvalue weighted by Crippen LogP contribution is 2.49. The van der Waals surface area contributed by atoms with Crippen LogP contribution in [0.25, 0.3) is 0 Å². The van der Waals surface area contributed by atoms with Gasteiger partial charge in [0, 0.05) is 44.6 Å². The van der Waals surface area contributed by atoms with Gasteiger partial charge in [-0.3, -0.25) is 23.8 Å². The predicted octanol–water partition coefficient (Wildman–Crippen LogP) is 0.219. The lowest BCUT2D eigenvalue weighted by Crippen LogP contribution is -2.50. The number of hydrogen-bond acceptors (Lipinski definition) is 6. The van der Waals surface area contributed by atoms with Crippen LogP contribution in [0.1, 0.15) is 18.2 Å². The van der Waals surface area contributed by atoms with Gasteiger partial charge in [-0.2, -0.15) is 0 Å². The molecule has 0 amide bonds. The Morgan fingerprint density at radius 2 is 2.12 bits per heavy atom. The lowest BCUT2D eigenvalue weighted by molar-refractivity contribution is -0.121. The van der Waals surface area contributed by atoms with Gasteiger partial charge in [-0.15, -0.1) is 0 Å². The Balaban J connectivity index is 1.78. The first kappa shape index (κ1) is 18.5. The van der Waals surface area contributed by atoms with Gasteiger partial charge in [-0.05, 0) is 20.4 Å². The summed E-state index contributed by atoms with van der Waals surface area (Å²) in [6, 6.07) is 0. The van der Waals surface area contributed by atoms with Gasteiger partial charge in [0.25, 0.3) is 13.1 Å². The van der Waals surface area contributed by atoms with E-state index in [1.807, 2.05) is 11.7 Å². The average molecular weight is 372 g/mol. The van der Waals surface area contributed by atoms with Crippen LogP contribution in [0.5, 0.6) is 0 Å². The molecule has 0 aliphatic carbocycles. The van der Waals surface area contributed by atoms with Gasteiger partial charge in [0.1, 0.15) is 0 Å². The normalized spacial score (nSPS) is 32.0. The average Bonchev–Trinajstić information content (AvgIpc) is 2.52. The van der Waals surface area contributed by atoms with Crippen molar-refractivity contribution in [3.63, 3.8) is 0 Å². The highest BCUT2D eigenvalue weighted by molar-refractivity contribution is 7.55. The molecule has 3 heterocycles. The highest BCUT2D eigenvalue weighted by Gasteiger charge is 2.35. The summed E-state index contributed by atoms with van der Waals surface area (Å²) in [5, 5.41) is 0. The summed E-state index contributed by atoms with van der Waals surface area (Å²) in [6.45, 7) is 6.19. The molecule has 2 unspecified atom stereocenters. The molecule has 0 radical (unpaired) electrons. The maximum Gasteiger partial charge on any atom is 0.330 e. The SMILES string of the molecule is Cc1cn(C2CN(C)C[C@@H](CN3CCCOP3(C)=O)O2)c(=O)[nH]c1=O. The number of aryl methyl sites for hydroxylation is 1. The van der Waals surface area contributed by atoms with Crippen molar-refractivity contribution in [2.45, 2.75) is 25.7 Å². The van der Waals surface area contributed by atoms with Crippen LogP contribution in [0, 0.1) is 6.92 Å². The molecular formula is C15H25N4O5P. The molecule has 2 aliphatic rings. The van der Waals surface area contributed by atoms with Crippen LogP contribution in [0.15, 0.2) is 15.8 Å². The molecule has 2 fully saturated rings. The van der Waals surface area contributed by atoms with E-state index < -0.39 is 19.4 Å². The number of nitrogens with one attached hydrogen (secondary N) is 1. The van der Waals surface area contributed by atoms with Crippen LogP contribution in [0.2, 0.25) is 0 Å². The van der Waals surface area contributed by atoms with Gasteiger partial charge in [-0.25, -0.2) is 9.46 Å². The van der Waals surface area contributed by atoms with Crippen molar-refractivity contribution < 1.29 is 13.8 Å². The number of ether oxygens (including phenoxy) is 1. The molecule has 3 rings (SSSR count). The van der Waals surface area contributed by atoms with Crippen LogP contribution in [-0.2, 0) is 13.8 Å². The van der Waals surface area contributed by atoms with E-state index >= 15 is 0 Å². The van der Waals surface area contributed by atoms with Gasteiger partial charge in [0.05, 0.1) is 12.7 Å². The highest BCUT2D eigenvalue weighted by atomic mass is 31.2. The first-order valence-electron chi connectivity index (χ1n) is 8.40. The van der Waals surface area contributed by atoms with Gasteiger partial charge in [0.2, 0.25) is 0 Å². The van der Waals surface area contributed by atoms with Crippen molar-refractivity contribution in [3.8, 4) is 0 Å². The van der Waals surface area contributed by atoms with E-state index in [1.165, 1.54) is 10.8 Å². The Morgan fingerprint density at radius 1 is 1.36 bits per heavy atom. The van der Waals surface area contributed by atoms with E-state index in [-0.39, 0.29) is 11.7 Å². The number of aromatic amines is 1. The van der Waals surface area contributed by atoms with Crippen LogP contribution < -0.4 is 11.2 Å². The summed E-state index contributed by atoms with van der Waals surface area (Å²) in [7, 11) is -0.831. The van der Waals surface area contributed by atoms with E-state index in [0.717, 1.165) is 6.42 Å². The molecule has 1 aromatic heterocycles. The standard InChI is InChI=1S/C15H25N4O5P/c1-11-7-19(15(21)16-14(11)20)13-10-17(2)8-12(24-13)9-18-5-4-6-23-25(18,3)22/h7,12-13H,4-6,8-10H2,1-3H3,(H,16,20,21)/t12-,13?,25?/m0/s1. The number of likely N-dealkylation sites (N-methyl/N-ethyl adjacent to an activating group) is 1. The molecule has 3 atom stereocenters. The van der Waals surface area contributed by atoms with Crippen LogP contribution in [0.3, 0.4) is 0 Å². The molecule has 1 N–H and O–H groups in total. The molecule has 2 saturated heterocycles. The van der Waals surface area contributed by atoms with Crippen molar-refractivity contribution in [1.29, 1.82) is 0 Å². The lowest BCUT2D eigenvalue weighted by Gasteiger charge is -2.40. The summed E-state index contributed by atoms with van der Waals surface area (Å²) in [4.78, 5) is 28.1. The van der Waals surface area contributed by atoms with Crippen LogP contribution in [0.4, 0.5) is 0 Å². The summed E-state index contributed by atoms with van der Waals surface area (Å²) >= 11 is 0. The molecule has 2 aliphatic heterocycles. The van der Waals surface area contributed by atoms with E-state index in [0.29, 0.717) is 38.3 Å². The molecule has 0 spiro atoms. The molecule has 25 heavy (non-hydrogen) atoms. The van der Waals surface area contributed by atoms with Crippen molar-refractivity contribution in [1.82, 2.24) is 19.1 Å². The van der Waals surface area contributed by atoms with Crippen molar-refractivity contribution in [2.24, 2.45) is 0 Å². The fourth-order valence-corrected chi connectivity index (χ4v) is 4.88. The van der Waals surface area contributed by atoms with E-state index in [2.05, 4.69) is 9.88 Å². The van der Waals surface area contributed by atoms with Gasteiger partial charge >= 0.3 is 5.69 Å². The lowest BCUT2D eigenvalue weighted by atomic mass is 10.2. The number of H-pyrrole nitrogens is 1. The topological polar surface area (TPSA) is 96.9 Å². The second kappa shape index (κ2) is 7.17. The number of rotatable bonds is 3. The van der Waals surface area contributed by atoms with Crippen molar-refractivity contribution in [2.75, 3.05) is 46.5 Å². The molecule has 1 aromatic rings. The Bertz CT molecular complexity index is 791. The van der Waals surface area contributed by atoms with Crippen molar-refractivity contribution >= 4 is 7.52 Å². The number of morpholine rings is 1. The zero-order chi connectivity index (χ0) is 18.2. The van der Waals surface area contributed by atoms with Gasteiger partial charge < -0.3 is 9.26 Å². The first-order valence-corrected chi connectivity index (χ1v) is 10.4. The zero-order valence-corrected chi connectivity index (χ0v) is 15.7. The fraction of sp³-hybridized carbons (Fsp3) is 0.733.